The van der Waals surface area contributed by atoms with E-state index in [2.05, 4.69) is 84.7 Å². The van der Waals surface area contributed by atoms with Crippen LogP contribution in [0, 0.1) is 0 Å². The summed E-state index contributed by atoms with van der Waals surface area (Å²) in [6.07, 6.45) is 3.75. The van der Waals surface area contributed by atoms with Gasteiger partial charge in [0.05, 0.1) is 5.69 Å². The molecule has 0 fully saturated rings. The van der Waals surface area contributed by atoms with E-state index in [9.17, 15) is 0 Å². The van der Waals surface area contributed by atoms with Gasteiger partial charge < -0.3 is 5.32 Å². The molecule has 0 amide bonds. The van der Waals surface area contributed by atoms with E-state index in [-0.39, 0.29) is 0 Å². The molecule has 0 spiro atoms. The number of aromatic nitrogens is 2. The summed E-state index contributed by atoms with van der Waals surface area (Å²) >= 11 is 0. The van der Waals surface area contributed by atoms with Crippen LogP contribution >= 0.6 is 0 Å². The van der Waals surface area contributed by atoms with Crippen LogP contribution in [0.15, 0.2) is 67.0 Å². The van der Waals surface area contributed by atoms with Crippen LogP contribution in [0.3, 0.4) is 0 Å². The molecule has 0 radical (unpaired) electrons. The number of nitrogens with zero attached hydrogens (tertiary/aromatic N) is 3. The molecule has 0 saturated heterocycles. The van der Waals surface area contributed by atoms with Crippen molar-refractivity contribution in [1.29, 1.82) is 0 Å². The molecule has 0 saturated carbocycles. The van der Waals surface area contributed by atoms with Gasteiger partial charge in [0, 0.05) is 38.1 Å². The molecule has 4 heteroatoms. The first-order chi connectivity index (χ1) is 12.6. The van der Waals surface area contributed by atoms with Crippen molar-refractivity contribution in [2.24, 2.45) is 0 Å². The van der Waals surface area contributed by atoms with Gasteiger partial charge in [-0.05, 0) is 55.8 Å². The quantitative estimate of drug-likeness (QED) is 0.668. The van der Waals surface area contributed by atoms with E-state index in [1.54, 1.807) is 6.20 Å². The van der Waals surface area contributed by atoms with E-state index >= 15 is 0 Å². The Morgan fingerprint density at radius 2 is 1.69 bits per heavy atom. The molecule has 1 heterocycles. The number of nitrogens with one attached hydrogen (secondary N) is 1. The molecular weight excluding hydrogens is 320 g/mol. The lowest BCUT2D eigenvalue weighted by Gasteiger charge is -2.21. The van der Waals surface area contributed by atoms with Gasteiger partial charge in [-0.15, -0.1) is 0 Å². The Morgan fingerprint density at radius 1 is 0.962 bits per heavy atom. The number of benzene rings is 2. The molecule has 26 heavy (non-hydrogen) atoms. The highest BCUT2D eigenvalue weighted by Gasteiger charge is 2.05. The second-order valence-electron chi connectivity index (χ2n) is 7.05. The largest absolute Gasteiger partial charge is 0.309 e. The lowest BCUT2D eigenvalue weighted by Crippen LogP contribution is -2.25. The highest BCUT2D eigenvalue weighted by Crippen LogP contribution is 2.11. The van der Waals surface area contributed by atoms with Crippen molar-refractivity contribution >= 4 is 0 Å². The number of hydrogen-bond acceptors (Lipinski definition) is 3. The molecule has 4 nitrogen and oxygen atoms in total. The molecule has 136 valence electrons. The van der Waals surface area contributed by atoms with Gasteiger partial charge in [-0.2, -0.15) is 5.10 Å². The van der Waals surface area contributed by atoms with Crippen LogP contribution in [0.5, 0.6) is 0 Å². The van der Waals surface area contributed by atoms with E-state index in [4.69, 9.17) is 0 Å². The molecule has 0 aliphatic carbocycles. The molecule has 0 aliphatic heterocycles. The smallest absolute Gasteiger partial charge is 0.0645 e. The maximum Gasteiger partial charge on any atom is 0.0645 e. The fraction of sp³-hybridized carbons (Fsp3) is 0.318. The minimum Gasteiger partial charge on any atom is -0.309 e. The van der Waals surface area contributed by atoms with Gasteiger partial charge in [0.15, 0.2) is 0 Å². The van der Waals surface area contributed by atoms with Crippen molar-refractivity contribution in [2.45, 2.75) is 39.5 Å². The first-order valence-electron chi connectivity index (χ1n) is 9.19. The van der Waals surface area contributed by atoms with Crippen LogP contribution < -0.4 is 5.32 Å². The fourth-order valence-electron chi connectivity index (χ4n) is 2.85. The highest BCUT2D eigenvalue weighted by atomic mass is 15.3. The second kappa shape index (κ2) is 8.79. The Hall–Kier alpha value is -2.43. The molecular formula is C22H28N4. The van der Waals surface area contributed by atoms with Crippen LogP contribution in [0.4, 0.5) is 0 Å². The normalized spacial score (nSPS) is 11.4. The summed E-state index contributed by atoms with van der Waals surface area (Å²) in [5.74, 6) is 0. The monoisotopic (exact) mass is 348 g/mol. The first kappa shape index (κ1) is 18.4. The Kier molecular flexibility index (Phi) is 6.21. The first-order valence-corrected chi connectivity index (χ1v) is 9.19. The zero-order chi connectivity index (χ0) is 18.4. The average Bonchev–Trinajstić information content (AvgIpc) is 3.17. The molecule has 0 aliphatic rings. The van der Waals surface area contributed by atoms with Crippen molar-refractivity contribution in [3.05, 3.63) is 83.7 Å². The van der Waals surface area contributed by atoms with Crippen LogP contribution in [0.1, 0.15) is 30.5 Å². The average molecular weight is 348 g/mol. The van der Waals surface area contributed by atoms with Gasteiger partial charge in [-0.3, -0.25) is 4.90 Å². The summed E-state index contributed by atoms with van der Waals surface area (Å²) in [7, 11) is 2.17. The third kappa shape index (κ3) is 5.04. The minimum atomic E-state index is 0.557. The van der Waals surface area contributed by atoms with Crippen molar-refractivity contribution in [3.8, 4) is 5.69 Å². The van der Waals surface area contributed by atoms with E-state index < -0.39 is 0 Å². The summed E-state index contributed by atoms with van der Waals surface area (Å²) < 4.78 is 1.87. The van der Waals surface area contributed by atoms with E-state index in [0.29, 0.717) is 6.04 Å². The molecule has 0 bridgehead atoms. The number of hydrogen-bond donors (Lipinski definition) is 1. The molecule has 1 N–H and O–H groups in total. The zero-order valence-corrected chi connectivity index (χ0v) is 15.9. The lowest BCUT2D eigenvalue weighted by molar-refractivity contribution is 0.266. The zero-order valence-electron chi connectivity index (χ0n) is 15.9. The van der Waals surface area contributed by atoms with Gasteiger partial charge in [-0.1, -0.05) is 36.4 Å². The SMILES string of the molecule is CC(C)N(C)Cc1cccc(CNCc2ccc(-n3cccn3)cc2)c1. The van der Waals surface area contributed by atoms with Crippen LogP contribution in [0.25, 0.3) is 5.69 Å². The van der Waals surface area contributed by atoms with Crippen LogP contribution in [0.2, 0.25) is 0 Å². The van der Waals surface area contributed by atoms with Crippen LogP contribution in [-0.4, -0.2) is 27.8 Å². The third-order valence-electron chi connectivity index (χ3n) is 4.67. The van der Waals surface area contributed by atoms with E-state index in [1.807, 2.05) is 16.9 Å². The Balaban J connectivity index is 1.52. The molecule has 3 aromatic rings. The maximum atomic E-state index is 4.25. The van der Waals surface area contributed by atoms with E-state index in [1.165, 1.54) is 16.7 Å². The summed E-state index contributed by atoms with van der Waals surface area (Å²) in [4.78, 5) is 2.35. The van der Waals surface area contributed by atoms with Gasteiger partial charge in [0.25, 0.3) is 0 Å². The third-order valence-corrected chi connectivity index (χ3v) is 4.67. The van der Waals surface area contributed by atoms with Gasteiger partial charge >= 0.3 is 0 Å². The van der Waals surface area contributed by atoms with E-state index in [0.717, 1.165) is 25.3 Å². The van der Waals surface area contributed by atoms with Gasteiger partial charge in [0.1, 0.15) is 0 Å². The predicted molar refractivity (Wildman–Crippen MR) is 107 cm³/mol. The van der Waals surface area contributed by atoms with Gasteiger partial charge in [-0.25, -0.2) is 4.68 Å². The molecule has 0 atom stereocenters. The lowest BCUT2D eigenvalue weighted by atomic mass is 10.1. The van der Waals surface area contributed by atoms with Crippen molar-refractivity contribution in [2.75, 3.05) is 7.05 Å². The Labute approximate surface area is 156 Å². The summed E-state index contributed by atoms with van der Waals surface area (Å²) in [5, 5.41) is 7.79. The summed E-state index contributed by atoms with van der Waals surface area (Å²) in [6, 6.07) is 19.8. The Bertz CT molecular complexity index is 791. The topological polar surface area (TPSA) is 33.1 Å². The fourth-order valence-corrected chi connectivity index (χ4v) is 2.85. The summed E-state index contributed by atoms with van der Waals surface area (Å²) in [5.41, 5.74) is 5.05. The van der Waals surface area contributed by atoms with Crippen molar-refractivity contribution in [1.82, 2.24) is 20.0 Å². The van der Waals surface area contributed by atoms with Crippen LogP contribution in [-0.2, 0) is 19.6 Å². The molecule has 3 rings (SSSR count). The van der Waals surface area contributed by atoms with Crippen molar-refractivity contribution < 1.29 is 0 Å². The Morgan fingerprint density at radius 3 is 2.38 bits per heavy atom. The second-order valence-corrected chi connectivity index (χ2v) is 7.05. The highest BCUT2D eigenvalue weighted by molar-refractivity contribution is 5.33. The number of rotatable bonds is 8. The molecule has 1 aromatic heterocycles. The summed E-state index contributed by atoms with van der Waals surface area (Å²) in [6.45, 7) is 7.17. The molecule has 0 unspecified atom stereocenters. The standard InChI is InChI=1S/C22H28N4/c1-18(2)25(3)17-21-7-4-6-20(14-21)16-23-15-19-8-10-22(11-9-19)26-13-5-12-24-26/h4-14,18,23H,15-17H2,1-3H3. The predicted octanol–water partition coefficient (Wildman–Crippen LogP) is 4.00. The van der Waals surface area contributed by atoms with Gasteiger partial charge in [0.2, 0.25) is 0 Å². The minimum absolute atomic E-state index is 0.557. The van der Waals surface area contributed by atoms with Crippen molar-refractivity contribution in [3.63, 3.8) is 0 Å². The maximum absolute atomic E-state index is 4.25. The molecule has 2 aromatic carbocycles.